The molecule has 96 valence electrons. The smallest absolute Gasteiger partial charge is 0.308 e. The van der Waals surface area contributed by atoms with Crippen molar-refractivity contribution in [2.75, 3.05) is 18.0 Å². The number of benzene rings is 1. The van der Waals surface area contributed by atoms with E-state index in [4.69, 9.17) is 5.11 Å². The molecule has 1 fully saturated rings. The van der Waals surface area contributed by atoms with Crippen LogP contribution in [0, 0.1) is 16.0 Å². The molecule has 1 atom stereocenters. The van der Waals surface area contributed by atoms with E-state index >= 15 is 0 Å². The van der Waals surface area contributed by atoms with E-state index in [0.717, 1.165) is 6.42 Å². The van der Waals surface area contributed by atoms with E-state index in [2.05, 4.69) is 0 Å². The summed E-state index contributed by atoms with van der Waals surface area (Å²) in [7, 11) is 0. The van der Waals surface area contributed by atoms with Gasteiger partial charge >= 0.3 is 5.97 Å². The summed E-state index contributed by atoms with van der Waals surface area (Å²) in [6.45, 7) is 0.995. The van der Waals surface area contributed by atoms with E-state index in [9.17, 15) is 14.9 Å². The van der Waals surface area contributed by atoms with Gasteiger partial charge in [0.1, 0.15) is 5.69 Å². The van der Waals surface area contributed by atoms with Crippen LogP contribution in [-0.4, -0.2) is 29.1 Å². The Bertz CT molecular complexity index is 475. The Morgan fingerprint density at radius 1 is 1.44 bits per heavy atom. The highest BCUT2D eigenvalue weighted by Gasteiger charge is 2.28. The summed E-state index contributed by atoms with van der Waals surface area (Å²) < 4.78 is 0. The molecule has 1 saturated heterocycles. The number of carboxylic acids is 1. The number of rotatable bonds is 3. The second-order valence-corrected chi connectivity index (χ2v) is 4.37. The normalized spacial score (nSPS) is 19.6. The van der Waals surface area contributed by atoms with Crippen LogP contribution < -0.4 is 4.90 Å². The van der Waals surface area contributed by atoms with Gasteiger partial charge < -0.3 is 10.0 Å². The minimum atomic E-state index is -0.835. The highest BCUT2D eigenvalue weighted by molar-refractivity contribution is 5.72. The molecule has 1 unspecified atom stereocenters. The lowest BCUT2D eigenvalue weighted by Crippen LogP contribution is -2.38. The van der Waals surface area contributed by atoms with E-state index < -0.39 is 16.8 Å². The Morgan fingerprint density at radius 2 is 2.17 bits per heavy atom. The fourth-order valence-electron chi connectivity index (χ4n) is 2.28. The zero-order valence-electron chi connectivity index (χ0n) is 9.78. The van der Waals surface area contributed by atoms with Crippen molar-refractivity contribution in [1.29, 1.82) is 0 Å². The number of nitro groups is 1. The molecule has 0 bridgehead atoms. The number of nitrogens with zero attached hydrogens (tertiary/aromatic N) is 2. The molecule has 1 aromatic rings. The quantitative estimate of drug-likeness (QED) is 0.654. The summed E-state index contributed by atoms with van der Waals surface area (Å²) in [5.74, 6) is -1.28. The van der Waals surface area contributed by atoms with E-state index in [1.165, 1.54) is 6.07 Å². The van der Waals surface area contributed by atoms with Gasteiger partial charge in [0.25, 0.3) is 5.69 Å². The lowest BCUT2D eigenvalue weighted by atomic mass is 9.97. The van der Waals surface area contributed by atoms with Crippen molar-refractivity contribution in [1.82, 2.24) is 0 Å². The lowest BCUT2D eigenvalue weighted by Gasteiger charge is -2.32. The van der Waals surface area contributed by atoms with Crippen LogP contribution in [0.3, 0.4) is 0 Å². The fraction of sp³-hybridized carbons (Fsp3) is 0.417. The molecule has 0 radical (unpaired) electrons. The van der Waals surface area contributed by atoms with Crippen LogP contribution in [0.5, 0.6) is 0 Å². The second-order valence-electron chi connectivity index (χ2n) is 4.37. The zero-order valence-corrected chi connectivity index (χ0v) is 9.78. The third-order valence-electron chi connectivity index (χ3n) is 3.19. The first-order valence-electron chi connectivity index (χ1n) is 5.81. The highest BCUT2D eigenvalue weighted by Crippen LogP contribution is 2.31. The molecule has 0 saturated carbocycles. The van der Waals surface area contributed by atoms with Crippen LogP contribution in [0.15, 0.2) is 24.3 Å². The summed E-state index contributed by atoms with van der Waals surface area (Å²) in [6, 6.07) is 6.45. The topological polar surface area (TPSA) is 83.7 Å². The zero-order chi connectivity index (χ0) is 13.1. The first-order chi connectivity index (χ1) is 8.59. The maximum absolute atomic E-state index is 11.0. The van der Waals surface area contributed by atoms with Gasteiger partial charge in [0.05, 0.1) is 10.8 Å². The van der Waals surface area contributed by atoms with Crippen LogP contribution in [-0.2, 0) is 4.79 Å². The largest absolute Gasteiger partial charge is 0.481 e. The Labute approximate surface area is 104 Å². The molecule has 6 heteroatoms. The highest BCUT2D eigenvalue weighted by atomic mass is 16.6. The van der Waals surface area contributed by atoms with Crippen molar-refractivity contribution < 1.29 is 14.8 Å². The third-order valence-corrected chi connectivity index (χ3v) is 3.19. The Kier molecular flexibility index (Phi) is 3.45. The monoisotopic (exact) mass is 250 g/mol. The predicted molar refractivity (Wildman–Crippen MR) is 65.7 cm³/mol. The van der Waals surface area contributed by atoms with Gasteiger partial charge in [0.2, 0.25) is 0 Å². The fourth-order valence-corrected chi connectivity index (χ4v) is 2.28. The number of aliphatic carboxylic acids is 1. The Hall–Kier alpha value is -2.11. The summed E-state index contributed by atoms with van der Waals surface area (Å²) in [6.07, 6.45) is 1.37. The molecule has 2 rings (SSSR count). The molecule has 0 aromatic heterocycles. The number of anilines is 1. The van der Waals surface area contributed by atoms with Crippen LogP contribution in [0.2, 0.25) is 0 Å². The molecule has 1 N–H and O–H groups in total. The average molecular weight is 250 g/mol. The second kappa shape index (κ2) is 5.03. The number of piperidine rings is 1. The first-order valence-corrected chi connectivity index (χ1v) is 5.81. The molecule has 6 nitrogen and oxygen atoms in total. The van der Waals surface area contributed by atoms with Crippen molar-refractivity contribution in [2.24, 2.45) is 5.92 Å². The van der Waals surface area contributed by atoms with Crippen LogP contribution >= 0.6 is 0 Å². The first kappa shape index (κ1) is 12.3. The van der Waals surface area contributed by atoms with Crippen LogP contribution in [0.25, 0.3) is 0 Å². The van der Waals surface area contributed by atoms with Crippen LogP contribution in [0.4, 0.5) is 11.4 Å². The van der Waals surface area contributed by atoms with Gasteiger partial charge in [-0.15, -0.1) is 0 Å². The molecule has 0 aliphatic carbocycles. The van der Waals surface area contributed by atoms with Crippen molar-refractivity contribution >= 4 is 17.3 Å². The SMILES string of the molecule is O=C(O)C1CCCN(c2ccccc2[N+](=O)[O-])C1. The maximum atomic E-state index is 11.0. The van der Waals surface area contributed by atoms with Crippen molar-refractivity contribution in [3.05, 3.63) is 34.4 Å². The van der Waals surface area contributed by atoms with Gasteiger partial charge in [0, 0.05) is 19.2 Å². The predicted octanol–water partition coefficient (Wildman–Crippen LogP) is 1.90. The molecule has 0 spiro atoms. The summed E-state index contributed by atoms with van der Waals surface area (Å²) >= 11 is 0. The number of hydrogen-bond donors (Lipinski definition) is 1. The van der Waals surface area contributed by atoms with E-state index in [1.807, 2.05) is 0 Å². The van der Waals surface area contributed by atoms with Gasteiger partial charge in [-0.25, -0.2) is 0 Å². The van der Waals surface area contributed by atoms with Crippen LogP contribution in [0.1, 0.15) is 12.8 Å². The molecular weight excluding hydrogens is 236 g/mol. The maximum Gasteiger partial charge on any atom is 0.308 e. The Morgan fingerprint density at radius 3 is 2.83 bits per heavy atom. The van der Waals surface area contributed by atoms with Gasteiger partial charge in [0.15, 0.2) is 0 Å². The molecule has 1 aliphatic heterocycles. The minimum absolute atomic E-state index is 0.0311. The summed E-state index contributed by atoms with van der Waals surface area (Å²) in [4.78, 5) is 23.3. The average Bonchev–Trinajstić information content (AvgIpc) is 2.39. The lowest BCUT2D eigenvalue weighted by molar-refractivity contribution is -0.384. The van der Waals surface area contributed by atoms with E-state index in [1.54, 1.807) is 23.1 Å². The number of carbonyl (C=O) groups is 1. The number of nitro benzene ring substituents is 1. The Balaban J connectivity index is 2.26. The molecule has 0 amide bonds. The standard InChI is InChI=1S/C12H14N2O4/c15-12(16)9-4-3-7-13(8-9)10-5-1-2-6-11(10)14(17)18/h1-2,5-6,9H,3-4,7-8H2,(H,15,16). The summed E-state index contributed by atoms with van der Waals surface area (Å²) in [5, 5.41) is 20.0. The number of hydrogen-bond acceptors (Lipinski definition) is 4. The van der Waals surface area contributed by atoms with Gasteiger partial charge in [-0.05, 0) is 18.9 Å². The third kappa shape index (κ3) is 2.42. The number of para-hydroxylation sites is 2. The van der Waals surface area contributed by atoms with Crippen molar-refractivity contribution in [2.45, 2.75) is 12.8 Å². The molecule has 18 heavy (non-hydrogen) atoms. The number of carboxylic acid groups (broad SMARTS) is 1. The minimum Gasteiger partial charge on any atom is -0.481 e. The molecule has 1 aliphatic rings. The van der Waals surface area contributed by atoms with E-state index in [-0.39, 0.29) is 5.69 Å². The molecule has 1 heterocycles. The van der Waals surface area contributed by atoms with Gasteiger partial charge in [-0.2, -0.15) is 0 Å². The van der Waals surface area contributed by atoms with Crippen molar-refractivity contribution in [3.8, 4) is 0 Å². The van der Waals surface area contributed by atoms with Gasteiger partial charge in [-0.3, -0.25) is 14.9 Å². The molecule has 1 aromatic carbocycles. The van der Waals surface area contributed by atoms with Gasteiger partial charge in [-0.1, -0.05) is 12.1 Å². The summed E-state index contributed by atoms with van der Waals surface area (Å²) in [5.41, 5.74) is 0.539. The van der Waals surface area contributed by atoms with E-state index in [0.29, 0.717) is 25.2 Å². The van der Waals surface area contributed by atoms with Crippen molar-refractivity contribution in [3.63, 3.8) is 0 Å². The molecular formula is C12H14N2O4.